The lowest BCUT2D eigenvalue weighted by Crippen LogP contribution is -2.25. The summed E-state index contributed by atoms with van der Waals surface area (Å²) < 4.78 is 0. The molecule has 1 heterocycles. The van der Waals surface area contributed by atoms with Gasteiger partial charge in [-0.15, -0.1) is 0 Å². The first kappa shape index (κ1) is 8.06. The van der Waals surface area contributed by atoms with Crippen molar-refractivity contribution in [1.29, 1.82) is 0 Å². The van der Waals surface area contributed by atoms with Crippen molar-refractivity contribution in [2.24, 2.45) is 11.3 Å². The van der Waals surface area contributed by atoms with Crippen molar-refractivity contribution in [2.45, 2.75) is 33.6 Å². The van der Waals surface area contributed by atoms with Crippen LogP contribution in [0.5, 0.6) is 0 Å². The lowest BCUT2D eigenvalue weighted by atomic mass is 9.76. The predicted molar refractivity (Wildman–Crippen MR) is 45.0 cm³/mol. The zero-order valence-corrected chi connectivity index (χ0v) is 7.41. The SMILES string of the molecule is CCC(C)(C)C1CCNC1. The molecule has 0 radical (unpaired) electrons. The lowest BCUT2D eigenvalue weighted by molar-refractivity contribution is 0.221. The van der Waals surface area contributed by atoms with Crippen LogP contribution in [-0.2, 0) is 0 Å². The molecule has 1 fully saturated rings. The van der Waals surface area contributed by atoms with E-state index in [1.165, 1.54) is 25.9 Å². The Morgan fingerprint density at radius 3 is 2.60 bits per heavy atom. The van der Waals surface area contributed by atoms with Crippen LogP contribution in [-0.4, -0.2) is 13.1 Å². The average Bonchev–Trinajstić information content (AvgIpc) is 2.38. The molecule has 1 saturated heterocycles. The highest BCUT2D eigenvalue weighted by molar-refractivity contribution is 4.83. The van der Waals surface area contributed by atoms with Crippen molar-refractivity contribution in [3.8, 4) is 0 Å². The lowest BCUT2D eigenvalue weighted by Gasteiger charge is -2.29. The van der Waals surface area contributed by atoms with Crippen molar-refractivity contribution < 1.29 is 0 Å². The number of nitrogens with one attached hydrogen (secondary N) is 1. The summed E-state index contributed by atoms with van der Waals surface area (Å²) in [6.07, 6.45) is 2.68. The van der Waals surface area contributed by atoms with Gasteiger partial charge in [0.05, 0.1) is 0 Å². The van der Waals surface area contributed by atoms with Crippen LogP contribution >= 0.6 is 0 Å². The van der Waals surface area contributed by atoms with Gasteiger partial charge in [0.2, 0.25) is 0 Å². The first-order valence-corrected chi connectivity index (χ1v) is 4.37. The number of hydrogen-bond acceptors (Lipinski definition) is 1. The molecule has 1 unspecified atom stereocenters. The van der Waals surface area contributed by atoms with Crippen molar-refractivity contribution >= 4 is 0 Å². The van der Waals surface area contributed by atoms with Crippen molar-refractivity contribution in [2.75, 3.05) is 13.1 Å². The number of hydrogen-bond donors (Lipinski definition) is 1. The Bertz CT molecular complexity index is 101. The van der Waals surface area contributed by atoms with Gasteiger partial charge >= 0.3 is 0 Å². The van der Waals surface area contributed by atoms with Gasteiger partial charge in [-0.3, -0.25) is 0 Å². The van der Waals surface area contributed by atoms with Gasteiger partial charge in [0.25, 0.3) is 0 Å². The molecule has 0 aromatic rings. The van der Waals surface area contributed by atoms with E-state index in [9.17, 15) is 0 Å². The second-order valence-corrected chi connectivity index (χ2v) is 4.03. The molecule has 0 aromatic heterocycles. The molecule has 1 aliphatic heterocycles. The van der Waals surface area contributed by atoms with Gasteiger partial charge in [0.1, 0.15) is 0 Å². The van der Waals surface area contributed by atoms with Gasteiger partial charge in [0.15, 0.2) is 0 Å². The summed E-state index contributed by atoms with van der Waals surface area (Å²) in [4.78, 5) is 0. The fourth-order valence-corrected chi connectivity index (χ4v) is 1.61. The predicted octanol–water partition coefficient (Wildman–Crippen LogP) is 2.03. The first-order chi connectivity index (χ1) is 4.67. The van der Waals surface area contributed by atoms with E-state index in [2.05, 4.69) is 26.1 Å². The Morgan fingerprint density at radius 1 is 1.50 bits per heavy atom. The van der Waals surface area contributed by atoms with E-state index in [1.807, 2.05) is 0 Å². The van der Waals surface area contributed by atoms with Gasteiger partial charge in [-0.2, -0.15) is 0 Å². The highest BCUT2D eigenvalue weighted by Gasteiger charge is 2.29. The molecular weight excluding hydrogens is 122 g/mol. The molecule has 0 amide bonds. The van der Waals surface area contributed by atoms with Crippen molar-refractivity contribution in [1.82, 2.24) is 5.32 Å². The van der Waals surface area contributed by atoms with E-state index in [-0.39, 0.29) is 0 Å². The molecule has 0 aliphatic carbocycles. The Kier molecular flexibility index (Phi) is 2.35. The van der Waals surface area contributed by atoms with Crippen molar-refractivity contribution in [3.63, 3.8) is 0 Å². The van der Waals surface area contributed by atoms with Crippen LogP contribution in [0.1, 0.15) is 33.6 Å². The summed E-state index contributed by atoms with van der Waals surface area (Å²) in [5.74, 6) is 0.914. The summed E-state index contributed by atoms with van der Waals surface area (Å²) in [6, 6.07) is 0. The largest absolute Gasteiger partial charge is 0.316 e. The maximum atomic E-state index is 3.41. The van der Waals surface area contributed by atoms with Crippen LogP contribution < -0.4 is 5.32 Å². The van der Waals surface area contributed by atoms with E-state index in [0.717, 1.165) is 5.92 Å². The van der Waals surface area contributed by atoms with Crippen molar-refractivity contribution in [3.05, 3.63) is 0 Å². The molecule has 1 aliphatic rings. The zero-order chi connectivity index (χ0) is 7.61. The maximum absolute atomic E-state index is 3.41. The smallest absolute Gasteiger partial charge is 0.00149 e. The summed E-state index contributed by atoms with van der Waals surface area (Å²) in [5.41, 5.74) is 0.559. The molecule has 1 N–H and O–H groups in total. The maximum Gasteiger partial charge on any atom is -0.00149 e. The third-order valence-electron chi connectivity index (χ3n) is 3.08. The molecule has 10 heavy (non-hydrogen) atoms. The highest BCUT2D eigenvalue weighted by Crippen LogP contribution is 2.33. The van der Waals surface area contributed by atoms with E-state index in [1.54, 1.807) is 0 Å². The zero-order valence-electron chi connectivity index (χ0n) is 7.41. The molecule has 1 rings (SSSR count). The Hall–Kier alpha value is -0.0400. The van der Waals surface area contributed by atoms with E-state index in [0.29, 0.717) is 5.41 Å². The topological polar surface area (TPSA) is 12.0 Å². The normalized spacial score (nSPS) is 27.3. The van der Waals surface area contributed by atoms with E-state index < -0.39 is 0 Å². The Balaban J connectivity index is 2.45. The van der Waals surface area contributed by atoms with Gasteiger partial charge < -0.3 is 5.32 Å². The van der Waals surface area contributed by atoms with E-state index >= 15 is 0 Å². The van der Waals surface area contributed by atoms with Crippen LogP contribution in [0.4, 0.5) is 0 Å². The van der Waals surface area contributed by atoms with Gasteiger partial charge in [0, 0.05) is 0 Å². The van der Waals surface area contributed by atoms with Crippen LogP contribution in [0.25, 0.3) is 0 Å². The first-order valence-electron chi connectivity index (χ1n) is 4.37. The molecule has 0 saturated carbocycles. The third-order valence-corrected chi connectivity index (χ3v) is 3.08. The average molecular weight is 141 g/mol. The standard InChI is InChI=1S/C9H19N/c1-4-9(2,3)8-5-6-10-7-8/h8,10H,4-7H2,1-3H3. The molecule has 1 heteroatoms. The molecule has 0 bridgehead atoms. The number of rotatable bonds is 2. The van der Waals surface area contributed by atoms with Crippen LogP contribution in [0, 0.1) is 11.3 Å². The second-order valence-electron chi connectivity index (χ2n) is 4.03. The monoisotopic (exact) mass is 141 g/mol. The molecule has 1 nitrogen and oxygen atoms in total. The van der Waals surface area contributed by atoms with Crippen LogP contribution in [0.15, 0.2) is 0 Å². The minimum absolute atomic E-state index is 0.559. The quantitative estimate of drug-likeness (QED) is 0.620. The van der Waals surface area contributed by atoms with Crippen LogP contribution in [0.2, 0.25) is 0 Å². The van der Waals surface area contributed by atoms with Gasteiger partial charge in [-0.25, -0.2) is 0 Å². The molecule has 0 aromatic carbocycles. The van der Waals surface area contributed by atoms with Crippen LogP contribution in [0.3, 0.4) is 0 Å². The fourth-order valence-electron chi connectivity index (χ4n) is 1.61. The van der Waals surface area contributed by atoms with Gasteiger partial charge in [-0.05, 0) is 30.8 Å². The summed E-state index contributed by atoms with van der Waals surface area (Å²) >= 11 is 0. The molecule has 0 spiro atoms. The summed E-state index contributed by atoms with van der Waals surface area (Å²) in [5, 5.41) is 3.41. The third kappa shape index (κ3) is 1.51. The highest BCUT2D eigenvalue weighted by atomic mass is 14.9. The van der Waals surface area contributed by atoms with E-state index in [4.69, 9.17) is 0 Å². The molecular formula is C9H19N. The fraction of sp³-hybridized carbons (Fsp3) is 1.00. The Labute approximate surface area is 64.2 Å². The molecule has 60 valence electrons. The van der Waals surface area contributed by atoms with Gasteiger partial charge in [-0.1, -0.05) is 27.2 Å². The summed E-state index contributed by atoms with van der Waals surface area (Å²) in [6.45, 7) is 9.52. The minimum Gasteiger partial charge on any atom is -0.316 e. The summed E-state index contributed by atoms with van der Waals surface area (Å²) in [7, 11) is 0. The second kappa shape index (κ2) is 2.91. The molecule has 1 atom stereocenters. The minimum atomic E-state index is 0.559. The Morgan fingerprint density at radius 2 is 2.20 bits per heavy atom.